The summed E-state index contributed by atoms with van der Waals surface area (Å²) in [5.74, 6) is 0. The van der Waals surface area contributed by atoms with Gasteiger partial charge in [0, 0.05) is 13.0 Å². The van der Waals surface area contributed by atoms with Gasteiger partial charge in [0.1, 0.15) is 5.01 Å². The number of nitrogens with two attached hydrogens (primary N) is 1. The van der Waals surface area contributed by atoms with Gasteiger partial charge >= 0.3 is 0 Å². The van der Waals surface area contributed by atoms with E-state index in [4.69, 9.17) is 5.73 Å². The van der Waals surface area contributed by atoms with Gasteiger partial charge in [0.15, 0.2) is 0 Å². The van der Waals surface area contributed by atoms with Gasteiger partial charge in [0.05, 0.1) is 0 Å². The van der Waals surface area contributed by atoms with Crippen LogP contribution in [0.15, 0.2) is 30.3 Å². The lowest BCUT2D eigenvalue weighted by molar-refractivity contribution is 0.910. The van der Waals surface area contributed by atoms with Crippen molar-refractivity contribution in [1.29, 1.82) is 0 Å². The van der Waals surface area contributed by atoms with E-state index in [0.717, 1.165) is 23.1 Å². The molecule has 1 aromatic carbocycles. The normalized spacial score (nSPS) is 10.3. The molecular formula is C11H14N4S. The van der Waals surface area contributed by atoms with Gasteiger partial charge in [0.2, 0.25) is 5.13 Å². The van der Waals surface area contributed by atoms with Crippen molar-refractivity contribution < 1.29 is 0 Å². The van der Waals surface area contributed by atoms with Crippen molar-refractivity contribution in [3.8, 4) is 0 Å². The summed E-state index contributed by atoms with van der Waals surface area (Å²) in [5.41, 5.74) is 6.69. The van der Waals surface area contributed by atoms with Gasteiger partial charge in [-0.25, -0.2) is 0 Å². The zero-order chi connectivity index (χ0) is 11.2. The van der Waals surface area contributed by atoms with Crippen LogP contribution in [0.2, 0.25) is 0 Å². The van der Waals surface area contributed by atoms with Gasteiger partial charge in [-0.05, 0) is 12.1 Å². The van der Waals surface area contributed by atoms with E-state index in [1.807, 2.05) is 18.2 Å². The van der Waals surface area contributed by atoms with Crippen LogP contribution >= 0.6 is 11.3 Å². The quantitative estimate of drug-likeness (QED) is 0.825. The molecule has 0 saturated carbocycles. The molecular weight excluding hydrogens is 220 g/mol. The Morgan fingerprint density at radius 3 is 2.75 bits per heavy atom. The summed E-state index contributed by atoms with van der Waals surface area (Å²) in [6.45, 7) is 1.39. The Morgan fingerprint density at radius 2 is 2.00 bits per heavy atom. The first-order chi connectivity index (χ1) is 7.88. The lowest BCUT2D eigenvalue weighted by atomic mass is 10.2. The fourth-order valence-electron chi connectivity index (χ4n) is 1.32. The van der Waals surface area contributed by atoms with Crippen molar-refractivity contribution in [2.75, 3.05) is 11.9 Å². The van der Waals surface area contributed by atoms with E-state index in [2.05, 4.69) is 27.6 Å². The van der Waals surface area contributed by atoms with E-state index in [1.54, 1.807) is 11.3 Å². The van der Waals surface area contributed by atoms with Crippen LogP contribution in [0.5, 0.6) is 0 Å². The van der Waals surface area contributed by atoms with Gasteiger partial charge in [0.25, 0.3) is 0 Å². The van der Waals surface area contributed by atoms with E-state index < -0.39 is 0 Å². The van der Waals surface area contributed by atoms with Crippen molar-refractivity contribution in [3.63, 3.8) is 0 Å². The maximum Gasteiger partial charge on any atom is 0.205 e. The van der Waals surface area contributed by atoms with Crippen LogP contribution < -0.4 is 11.1 Å². The third-order valence-corrected chi connectivity index (χ3v) is 3.05. The Labute approximate surface area is 98.5 Å². The average Bonchev–Trinajstić information content (AvgIpc) is 2.76. The van der Waals surface area contributed by atoms with Gasteiger partial charge < -0.3 is 11.1 Å². The Balaban J connectivity index is 1.89. The molecule has 0 spiro atoms. The van der Waals surface area contributed by atoms with Crippen LogP contribution in [-0.2, 0) is 13.0 Å². The minimum atomic E-state index is 0.618. The van der Waals surface area contributed by atoms with Crippen LogP contribution in [0, 0.1) is 0 Å². The first-order valence-corrected chi connectivity index (χ1v) is 6.00. The van der Waals surface area contributed by atoms with Crippen molar-refractivity contribution in [1.82, 2.24) is 10.2 Å². The molecule has 0 radical (unpaired) electrons. The second-order valence-corrected chi connectivity index (χ2v) is 4.44. The average molecular weight is 234 g/mol. The second kappa shape index (κ2) is 5.58. The summed E-state index contributed by atoms with van der Waals surface area (Å²) in [6.07, 6.45) is 0.796. The van der Waals surface area contributed by atoms with Crippen molar-refractivity contribution in [3.05, 3.63) is 40.9 Å². The standard InChI is InChI=1S/C11H14N4S/c12-7-6-10-14-15-11(16-10)13-8-9-4-2-1-3-5-9/h1-5H,6-8,12H2,(H,13,15). The molecule has 0 aliphatic rings. The third kappa shape index (κ3) is 3.01. The zero-order valence-corrected chi connectivity index (χ0v) is 9.70. The molecule has 5 heteroatoms. The maximum atomic E-state index is 5.45. The van der Waals surface area contributed by atoms with Gasteiger partial charge in [-0.2, -0.15) is 0 Å². The zero-order valence-electron chi connectivity index (χ0n) is 8.89. The Bertz CT molecular complexity index is 427. The molecule has 4 nitrogen and oxygen atoms in total. The number of hydrogen-bond donors (Lipinski definition) is 2. The molecule has 0 unspecified atom stereocenters. The molecule has 2 rings (SSSR count). The molecule has 84 valence electrons. The van der Waals surface area contributed by atoms with Crippen LogP contribution in [0.1, 0.15) is 10.6 Å². The highest BCUT2D eigenvalue weighted by Crippen LogP contribution is 2.16. The van der Waals surface area contributed by atoms with Crippen LogP contribution in [0.3, 0.4) is 0 Å². The molecule has 1 heterocycles. The number of nitrogens with one attached hydrogen (secondary N) is 1. The fourth-order valence-corrected chi connectivity index (χ4v) is 2.07. The summed E-state index contributed by atoms with van der Waals surface area (Å²) in [6, 6.07) is 10.2. The number of rotatable bonds is 5. The Morgan fingerprint density at radius 1 is 1.19 bits per heavy atom. The lowest BCUT2D eigenvalue weighted by Gasteiger charge is -2.00. The van der Waals surface area contributed by atoms with Crippen LogP contribution in [0.4, 0.5) is 5.13 Å². The first kappa shape index (κ1) is 11.0. The SMILES string of the molecule is NCCc1nnc(NCc2ccccc2)s1. The van der Waals surface area contributed by atoms with Gasteiger partial charge in [-0.1, -0.05) is 41.7 Å². The summed E-state index contributed by atoms with van der Waals surface area (Å²) < 4.78 is 0. The molecule has 3 N–H and O–H groups in total. The number of anilines is 1. The molecule has 0 aliphatic heterocycles. The second-order valence-electron chi connectivity index (χ2n) is 3.38. The molecule has 1 aromatic heterocycles. The first-order valence-electron chi connectivity index (χ1n) is 5.19. The number of hydrogen-bond acceptors (Lipinski definition) is 5. The third-order valence-electron chi connectivity index (χ3n) is 2.11. The molecule has 16 heavy (non-hydrogen) atoms. The predicted molar refractivity (Wildman–Crippen MR) is 66.4 cm³/mol. The highest BCUT2D eigenvalue weighted by molar-refractivity contribution is 7.15. The molecule has 0 atom stereocenters. The molecule has 0 fully saturated rings. The molecule has 0 amide bonds. The minimum Gasteiger partial charge on any atom is -0.356 e. The van der Waals surface area contributed by atoms with E-state index in [-0.39, 0.29) is 0 Å². The van der Waals surface area contributed by atoms with Crippen molar-refractivity contribution in [2.45, 2.75) is 13.0 Å². The summed E-state index contributed by atoms with van der Waals surface area (Å²) >= 11 is 1.56. The number of benzene rings is 1. The Hall–Kier alpha value is -1.46. The highest BCUT2D eigenvalue weighted by atomic mass is 32.1. The minimum absolute atomic E-state index is 0.618. The highest BCUT2D eigenvalue weighted by Gasteiger charge is 2.02. The Kier molecular flexibility index (Phi) is 3.85. The summed E-state index contributed by atoms with van der Waals surface area (Å²) in [7, 11) is 0. The van der Waals surface area contributed by atoms with Crippen molar-refractivity contribution in [2.24, 2.45) is 5.73 Å². The largest absolute Gasteiger partial charge is 0.356 e. The molecule has 0 aliphatic carbocycles. The summed E-state index contributed by atoms with van der Waals surface area (Å²) in [5, 5.41) is 13.2. The molecule has 0 saturated heterocycles. The predicted octanol–water partition coefficient (Wildman–Crippen LogP) is 1.65. The van der Waals surface area contributed by atoms with E-state index in [9.17, 15) is 0 Å². The van der Waals surface area contributed by atoms with Crippen LogP contribution in [-0.4, -0.2) is 16.7 Å². The van der Waals surface area contributed by atoms with E-state index >= 15 is 0 Å². The molecule has 2 aromatic rings. The van der Waals surface area contributed by atoms with Gasteiger partial charge in [-0.3, -0.25) is 0 Å². The van der Waals surface area contributed by atoms with Crippen LogP contribution in [0.25, 0.3) is 0 Å². The summed E-state index contributed by atoms with van der Waals surface area (Å²) in [4.78, 5) is 0. The number of aromatic nitrogens is 2. The topological polar surface area (TPSA) is 63.8 Å². The lowest BCUT2D eigenvalue weighted by Crippen LogP contribution is -2.01. The molecule has 0 bridgehead atoms. The number of nitrogens with zero attached hydrogens (tertiary/aromatic N) is 2. The van der Waals surface area contributed by atoms with Gasteiger partial charge in [-0.15, -0.1) is 10.2 Å². The van der Waals surface area contributed by atoms with E-state index in [0.29, 0.717) is 6.54 Å². The smallest absolute Gasteiger partial charge is 0.205 e. The maximum absolute atomic E-state index is 5.45. The fraction of sp³-hybridized carbons (Fsp3) is 0.273. The monoisotopic (exact) mass is 234 g/mol. The van der Waals surface area contributed by atoms with E-state index in [1.165, 1.54) is 5.56 Å². The van der Waals surface area contributed by atoms with Crippen molar-refractivity contribution >= 4 is 16.5 Å².